The smallest absolute Gasteiger partial charge is 0.341 e. The van der Waals surface area contributed by atoms with Gasteiger partial charge in [-0.3, -0.25) is 4.90 Å². The molecule has 41 heavy (non-hydrogen) atoms. The number of carbonyl (C=O) groups is 1. The highest BCUT2D eigenvalue weighted by Crippen LogP contribution is 2.51. The average molecular weight is 549 g/mol. The number of ether oxygens (including phenoxy) is 1. The first-order chi connectivity index (χ1) is 19.7. The van der Waals surface area contributed by atoms with Crippen LogP contribution in [0.25, 0.3) is 0 Å². The number of anilines is 5. The number of carbonyl (C=O) groups excluding carboxylic acids is 1. The monoisotopic (exact) mass is 548 g/mol. The Hall–Kier alpha value is -4.45. The summed E-state index contributed by atoms with van der Waals surface area (Å²) in [7, 11) is 8.13. The fourth-order valence-corrected chi connectivity index (χ4v) is 5.81. The quantitative estimate of drug-likeness (QED) is 0.206. The Morgan fingerprint density at radius 1 is 0.634 bits per heavy atom. The van der Waals surface area contributed by atoms with Crippen molar-refractivity contribution in [1.82, 2.24) is 0 Å². The summed E-state index contributed by atoms with van der Waals surface area (Å²) in [6.45, 7) is 8.28. The molecule has 4 aromatic rings. The normalized spacial score (nSPS) is 15.7. The number of fused-ring (bicyclic) bond motifs is 1. The molecule has 1 aliphatic heterocycles. The van der Waals surface area contributed by atoms with Crippen LogP contribution in [0.15, 0.2) is 91.0 Å². The molecule has 212 valence electrons. The largest absolute Gasteiger partial charge is 0.426 e. The van der Waals surface area contributed by atoms with E-state index >= 15 is 0 Å². The molecule has 0 spiro atoms. The van der Waals surface area contributed by atoms with Gasteiger partial charge in [0, 0.05) is 80.8 Å². The molecule has 0 aromatic heterocycles. The third-order valence-corrected chi connectivity index (χ3v) is 8.02. The second-order valence-electron chi connectivity index (χ2n) is 10.9. The SMILES string of the molecule is CCN(CC)c1ccc(N(c2ccc(N(C)C)cc2)C2(c3ccc(N(C)C)cc3C)OC(=O)c3ccccc32)cc1. The van der Waals surface area contributed by atoms with Gasteiger partial charge in [-0.05, 0) is 93.1 Å². The van der Waals surface area contributed by atoms with Crippen molar-refractivity contribution >= 4 is 34.4 Å². The lowest BCUT2D eigenvalue weighted by Crippen LogP contribution is -2.45. The third-order valence-electron chi connectivity index (χ3n) is 8.02. The highest BCUT2D eigenvalue weighted by Gasteiger charge is 2.53. The lowest BCUT2D eigenvalue weighted by Gasteiger charge is -2.43. The Balaban J connectivity index is 1.81. The van der Waals surface area contributed by atoms with E-state index < -0.39 is 5.72 Å². The van der Waals surface area contributed by atoms with Crippen LogP contribution in [0.4, 0.5) is 28.4 Å². The second-order valence-corrected chi connectivity index (χ2v) is 10.9. The Morgan fingerprint density at radius 3 is 1.68 bits per heavy atom. The zero-order chi connectivity index (χ0) is 29.3. The minimum absolute atomic E-state index is 0.327. The number of nitrogens with zero attached hydrogens (tertiary/aromatic N) is 4. The summed E-state index contributed by atoms with van der Waals surface area (Å²) >= 11 is 0. The van der Waals surface area contributed by atoms with Gasteiger partial charge in [-0.2, -0.15) is 0 Å². The summed E-state index contributed by atoms with van der Waals surface area (Å²) < 4.78 is 6.61. The summed E-state index contributed by atoms with van der Waals surface area (Å²) in [4.78, 5) is 22.3. The topological polar surface area (TPSA) is 39.3 Å². The highest BCUT2D eigenvalue weighted by molar-refractivity contribution is 5.97. The van der Waals surface area contributed by atoms with Gasteiger partial charge in [-0.1, -0.05) is 24.3 Å². The highest BCUT2D eigenvalue weighted by atomic mass is 16.6. The van der Waals surface area contributed by atoms with Gasteiger partial charge in [0.15, 0.2) is 0 Å². The first kappa shape index (κ1) is 28.1. The lowest BCUT2D eigenvalue weighted by molar-refractivity contribution is 0.0132. The zero-order valence-corrected chi connectivity index (χ0v) is 25.2. The molecule has 0 saturated heterocycles. The van der Waals surface area contributed by atoms with Gasteiger partial charge in [0.2, 0.25) is 5.72 Å². The number of benzene rings is 4. The van der Waals surface area contributed by atoms with Crippen LogP contribution in [0, 0.1) is 6.92 Å². The van der Waals surface area contributed by atoms with Crippen molar-refractivity contribution in [2.75, 3.05) is 60.9 Å². The third kappa shape index (κ3) is 4.88. The van der Waals surface area contributed by atoms with E-state index in [4.69, 9.17) is 4.74 Å². The summed E-state index contributed by atoms with van der Waals surface area (Å²) in [6.07, 6.45) is 0. The Bertz CT molecular complexity index is 1530. The molecule has 0 aliphatic carbocycles. The van der Waals surface area contributed by atoms with Crippen molar-refractivity contribution in [2.24, 2.45) is 0 Å². The molecule has 0 saturated carbocycles. The van der Waals surface area contributed by atoms with Crippen molar-refractivity contribution in [1.29, 1.82) is 0 Å². The van der Waals surface area contributed by atoms with Gasteiger partial charge in [0.1, 0.15) is 0 Å². The van der Waals surface area contributed by atoms with E-state index in [1.807, 2.05) is 52.5 Å². The predicted molar refractivity (Wildman–Crippen MR) is 171 cm³/mol. The Kier molecular flexibility index (Phi) is 7.68. The maximum absolute atomic E-state index is 13.6. The van der Waals surface area contributed by atoms with Crippen LogP contribution < -0.4 is 19.6 Å². The van der Waals surface area contributed by atoms with Gasteiger partial charge >= 0.3 is 5.97 Å². The fourth-order valence-electron chi connectivity index (χ4n) is 5.81. The molecule has 0 amide bonds. The van der Waals surface area contributed by atoms with Crippen LogP contribution in [-0.4, -0.2) is 47.2 Å². The van der Waals surface area contributed by atoms with Gasteiger partial charge < -0.3 is 19.4 Å². The second kappa shape index (κ2) is 11.2. The maximum atomic E-state index is 13.6. The van der Waals surface area contributed by atoms with Crippen molar-refractivity contribution in [3.05, 3.63) is 113 Å². The molecule has 0 N–H and O–H groups in total. The molecule has 5 rings (SSSR count). The Morgan fingerprint density at radius 2 is 1.15 bits per heavy atom. The molecule has 6 nitrogen and oxygen atoms in total. The number of aryl methyl sites for hydroxylation is 1. The van der Waals surface area contributed by atoms with Gasteiger partial charge in [0.05, 0.1) is 5.56 Å². The summed E-state index contributed by atoms with van der Waals surface area (Å²) in [5.41, 5.74) is 7.35. The van der Waals surface area contributed by atoms with E-state index in [1.165, 1.54) is 0 Å². The minimum Gasteiger partial charge on any atom is -0.426 e. The van der Waals surface area contributed by atoms with E-state index in [2.05, 4.69) is 107 Å². The zero-order valence-electron chi connectivity index (χ0n) is 25.2. The number of rotatable bonds is 9. The molecule has 0 bridgehead atoms. The van der Waals surface area contributed by atoms with Crippen molar-refractivity contribution < 1.29 is 9.53 Å². The van der Waals surface area contributed by atoms with E-state index in [-0.39, 0.29) is 5.97 Å². The lowest BCUT2D eigenvalue weighted by atomic mass is 9.87. The number of cyclic esters (lactones) is 1. The molecule has 1 heterocycles. The summed E-state index contributed by atoms with van der Waals surface area (Å²) in [5, 5.41) is 0. The van der Waals surface area contributed by atoms with Crippen LogP contribution in [0.5, 0.6) is 0 Å². The minimum atomic E-state index is -1.21. The molecule has 1 unspecified atom stereocenters. The molecule has 0 fully saturated rings. The van der Waals surface area contributed by atoms with Crippen molar-refractivity contribution in [2.45, 2.75) is 26.5 Å². The van der Waals surface area contributed by atoms with Gasteiger partial charge in [-0.25, -0.2) is 4.79 Å². The van der Waals surface area contributed by atoms with Gasteiger partial charge in [-0.15, -0.1) is 0 Å². The number of hydrogen-bond acceptors (Lipinski definition) is 6. The Labute approximate surface area is 244 Å². The van der Waals surface area contributed by atoms with Crippen LogP contribution in [0.3, 0.4) is 0 Å². The molecule has 1 aliphatic rings. The fraction of sp³-hybridized carbons (Fsp3) is 0.286. The van der Waals surface area contributed by atoms with Crippen LogP contribution in [0.1, 0.15) is 40.9 Å². The first-order valence-electron chi connectivity index (χ1n) is 14.2. The maximum Gasteiger partial charge on any atom is 0.341 e. The van der Waals surface area contributed by atoms with Crippen LogP contribution in [-0.2, 0) is 10.5 Å². The summed E-state index contributed by atoms with van der Waals surface area (Å²) in [6, 6.07) is 31.1. The average Bonchev–Trinajstić information content (AvgIpc) is 3.27. The molecular formula is C35H40N4O2. The first-order valence-corrected chi connectivity index (χ1v) is 14.2. The standard InChI is InChI=1S/C35H40N4O2/c1-8-38(9-2)27-16-20-29(21-17-27)39(28-18-14-26(15-19-28)36(4)5)35(32-23-22-30(37(6)7)24-25(32)3)33-13-11-10-12-31(33)34(40)41-35/h10-24H,8-9H2,1-7H3. The molecule has 1 atom stereocenters. The van der Waals surface area contributed by atoms with Crippen LogP contribution >= 0.6 is 0 Å². The van der Waals surface area contributed by atoms with Crippen LogP contribution in [0.2, 0.25) is 0 Å². The van der Waals surface area contributed by atoms with Crippen molar-refractivity contribution in [3.63, 3.8) is 0 Å². The molecule has 6 heteroatoms. The number of esters is 1. The summed E-state index contributed by atoms with van der Waals surface area (Å²) in [5.74, 6) is -0.327. The molecular weight excluding hydrogens is 508 g/mol. The molecule has 4 aromatic carbocycles. The van der Waals surface area contributed by atoms with E-state index in [9.17, 15) is 4.79 Å². The van der Waals surface area contributed by atoms with Gasteiger partial charge in [0.25, 0.3) is 0 Å². The molecule has 0 radical (unpaired) electrons. The van der Waals surface area contributed by atoms with E-state index in [0.29, 0.717) is 5.56 Å². The number of hydrogen-bond donors (Lipinski definition) is 0. The van der Waals surface area contributed by atoms with E-state index in [0.717, 1.165) is 58.2 Å². The van der Waals surface area contributed by atoms with Crippen molar-refractivity contribution in [3.8, 4) is 0 Å². The van der Waals surface area contributed by atoms with E-state index in [1.54, 1.807) is 0 Å². The predicted octanol–water partition coefficient (Wildman–Crippen LogP) is 7.18.